The Hall–Kier alpha value is -1.40. The summed E-state index contributed by atoms with van der Waals surface area (Å²) in [6.45, 7) is 4.88. The molecular weight excluding hydrogens is 719 g/mol. The predicted molar refractivity (Wildman–Crippen MR) is 250 cm³/mol. The molecule has 2 unspecified atom stereocenters. The van der Waals surface area contributed by atoms with Gasteiger partial charge in [0.15, 0.2) is 0 Å². The summed E-state index contributed by atoms with van der Waals surface area (Å²) >= 11 is 0. The molecule has 3 N–H and O–H groups in total. The van der Waals surface area contributed by atoms with Gasteiger partial charge in [0.25, 0.3) is 0 Å². The molecule has 0 aliphatic rings. The Morgan fingerprint density at radius 1 is 0.466 bits per heavy atom. The summed E-state index contributed by atoms with van der Waals surface area (Å²) in [6.07, 6.45) is 55.0. The van der Waals surface area contributed by atoms with Crippen molar-refractivity contribution in [2.45, 2.75) is 296 Å². The van der Waals surface area contributed by atoms with E-state index in [1.807, 2.05) is 6.08 Å². The highest BCUT2D eigenvalue weighted by atomic mass is 16.5. The molecule has 0 saturated heterocycles. The highest BCUT2D eigenvalue weighted by Crippen LogP contribution is 2.16. The maximum atomic E-state index is 12.4. The molecule has 0 aromatic rings. The Kier molecular flexibility index (Phi) is 47.1. The van der Waals surface area contributed by atoms with Gasteiger partial charge in [-0.2, -0.15) is 0 Å². The zero-order valence-corrected chi connectivity index (χ0v) is 39.0. The zero-order valence-electron chi connectivity index (χ0n) is 39.0. The van der Waals surface area contributed by atoms with Crippen molar-refractivity contribution < 1.29 is 24.5 Å². The number of unbranched alkanes of at least 4 members (excludes halogenated alkanes) is 37. The number of allylic oxidation sites excluding steroid dienone is 1. The lowest BCUT2D eigenvalue weighted by Crippen LogP contribution is -2.45. The van der Waals surface area contributed by atoms with E-state index in [4.69, 9.17) is 4.74 Å². The van der Waals surface area contributed by atoms with Crippen molar-refractivity contribution >= 4 is 11.9 Å². The predicted octanol–water partition coefficient (Wildman–Crippen LogP) is 15.3. The molecule has 0 radical (unpaired) electrons. The van der Waals surface area contributed by atoms with Crippen LogP contribution in [0.2, 0.25) is 0 Å². The Labute approximate surface area is 361 Å². The lowest BCUT2D eigenvalue weighted by molar-refractivity contribution is -0.143. The molecule has 344 valence electrons. The number of hydrogen-bond acceptors (Lipinski definition) is 5. The number of rotatable bonds is 48. The molecule has 0 saturated carbocycles. The number of aliphatic hydroxyl groups is 2. The van der Waals surface area contributed by atoms with Crippen molar-refractivity contribution in [3.05, 3.63) is 12.2 Å². The van der Waals surface area contributed by atoms with E-state index in [0.717, 1.165) is 38.5 Å². The summed E-state index contributed by atoms with van der Waals surface area (Å²) < 4.78 is 5.47. The van der Waals surface area contributed by atoms with Crippen molar-refractivity contribution in [1.29, 1.82) is 0 Å². The van der Waals surface area contributed by atoms with E-state index in [9.17, 15) is 19.8 Å². The molecule has 0 aromatic carbocycles. The minimum Gasteiger partial charge on any atom is -0.466 e. The van der Waals surface area contributed by atoms with E-state index in [2.05, 4.69) is 19.2 Å². The topological polar surface area (TPSA) is 95.9 Å². The smallest absolute Gasteiger partial charge is 0.305 e. The van der Waals surface area contributed by atoms with Crippen LogP contribution in [-0.4, -0.2) is 47.4 Å². The molecule has 0 fully saturated rings. The van der Waals surface area contributed by atoms with E-state index in [1.165, 1.54) is 218 Å². The number of carbonyl (C=O) groups is 2. The quantitative estimate of drug-likeness (QED) is 0.0323. The van der Waals surface area contributed by atoms with Gasteiger partial charge in [0, 0.05) is 12.8 Å². The molecular formula is C52H101NO5. The van der Waals surface area contributed by atoms with Gasteiger partial charge in [-0.3, -0.25) is 9.59 Å². The molecule has 2 atom stereocenters. The number of carbonyl (C=O) groups excluding carboxylic acids is 2. The van der Waals surface area contributed by atoms with Gasteiger partial charge in [-0.05, 0) is 32.1 Å². The van der Waals surface area contributed by atoms with Gasteiger partial charge < -0.3 is 20.3 Å². The van der Waals surface area contributed by atoms with Gasteiger partial charge in [0.1, 0.15) is 0 Å². The first-order valence-corrected chi connectivity index (χ1v) is 26.0. The number of aliphatic hydroxyl groups excluding tert-OH is 2. The van der Waals surface area contributed by atoms with Crippen molar-refractivity contribution in [3.63, 3.8) is 0 Å². The van der Waals surface area contributed by atoms with E-state index in [0.29, 0.717) is 19.4 Å². The average Bonchev–Trinajstić information content (AvgIpc) is 3.22. The first-order valence-electron chi connectivity index (χ1n) is 26.0. The summed E-state index contributed by atoms with van der Waals surface area (Å²) in [5.41, 5.74) is 0. The molecule has 0 rings (SSSR count). The number of amides is 1. The van der Waals surface area contributed by atoms with E-state index < -0.39 is 12.1 Å². The molecule has 0 aromatic heterocycles. The third-order valence-corrected chi connectivity index (χ3v) is 12.1. The summed E-state index contributed by atoms with van der Waals surface area (Å²) in [6, 6.07) is -0.628. The fraction of sp³-hybridized carbons (Fsp3) is 0.923. The van der Waals surface area contributed by atoms with Crippen LogP contribution in [0.25, 0.3) is 0 Å². The molecule has 0 bridgehead atoms. The second kappa shape index (κ2) is 48.3. The molecule has 6 heteroatoms. The van der Waals surface area contributed by atoms with Crippen LogP contribution in [0.15, 0.2) is 12.2 Å². The van der Waals surface area contributed by atoms with E-state index >= 15 is 0 Å². The summed E-state index contributed by atoms with van der Waals surface area (Å²) in [7, 11) is 0. The average molecular weight is 820 g/mol. The van der Waals surface area contributed by atoms with Gasteiger partial charge in [0.05, 0.1) is 25.4 Å². The molecule has 6 nitrogen and oxygen atoms in total. The zero-order chi connectivity index (χ0) is 42.3. The van der Waals surface area contributed by atoms with Crippen LogP contribution in [0.4, 0.5) is 0 Å². The fourth-order valence-electron chi connectivity index (χ4n) is 8.05. The van der Waals surface area contributed by atoms with Gasteiger partial charge in [-0.1, -0.05) is 251 Å². The first-order chi connectivity index (χ1) is 28.5. The largest absolute Gasteiger partial charge is 0.466 e. The third-order valence-electron chi connectivity index (χ3n) is 12.1. The van der Waals surface area contributed by atoms with Crippen molar-refractivity contribution in [1.82, 2.24) is 5.32 Å². The lowest BCUT2D eigenvalue weighted by atomic mass is 10.0. The van der Waals surface area contributed by atoms with Crippen LogP contribution in [0.1, 0.15) is 284 Å². The van der Waals surface area contributed by atoms with E-state index in [1.54, 1.807) is 6.08 Å². The van der Waals surface area contributed by atoms with E-state index in [-0.39, 0.29) is 18.5 Å². The highest BCUT2D eigenvalue weighted by molar-refractivity contribution is 5.76. The number of hydrogen-bond donors (Lipinski definition) is 3. The molecule has 0 aliphatic carbocycles. The molecule has 0 heterocycles. The summed E-state index contributed by atoms with van der Waals surface area (Å²) in [5.74, 6) is -0.0655. The Bertz CT molecular complexity index is 863. The van der Waals surface area contributed by atoms with Crippen molar-refractivity contribution in [2.75, 3.05) is 13.2 Å². The monoisotopic (exact) mass is 820 g/mol. The standard InChI is InChI=1S/C52H101NO5/c1-3-5-7-9-11-13-15-22-26-30-34-38-42-46-52(57)58-47-43-39-35-31-27-24-21-19-17-16-18-20-23-25-29-33-37-41-45-51(56)53-49(48-54)50(55)44-40-36-32-28-14-12-10-8-6-4-2/h40,44,49-50,54-55H,3-39,41-43,45-48H2,1-2H3,(H,53,56)/b44-40+. The maximum Gasteiger partial charge on any atom is 0.305 e. The Morgan fingerprint density at radius 3 is 1.17 bits per heavy atom. The minimum absolute atomic E-state index is 0.00782. The van der Waals surface area contributed by atoms with Gasteiger partial charge in [-0.15, -0.1) is 0 Å². The summed E-state index contributed by atoms with van der Waals surface area (Å²) in [4.78, 5) is 24.4. The van der Waals surface area contributed by atoms with Gasteiger partial charge in [0.2, 0.25) is 5.91 Å². The SMILES string of the molecule is CCCCCCCCCC/C=C/C(O)C(CO)NC(=O)CCCCCCCCCCCCCCCCCCCCOC(=O)CCCCCCCCCCCCCCC. The molecule has 1 amide bonds. The maximum absolute atomic E-state index is 12.4. The van der Waals surface area contributed by atoms with Crippen LogP contribution >= 0.6 is 0 Å². The third kappa shape index (κ3) is 44.2. The lowest BCUT2D eigenvalue weighted by Gasteiger charge is -2.20. The number of esters is 1. The molecule has 0 spiro atoms. The summed E-state index contributed by atoms with van der Waals surface area (Å²) in [5, 5.41) is 22.9. The number of nitrogens with one attached hydrogen (secondary N) is 1. The van der Waals surface area contributed by atoms with Gasteiger partial charge in [-0.25, -0.2) is 0 Å². The van der Waals surface area contributed by atoms with Crippen molar-refractivity contribution in [2.24, 2.45) is 0 Å². The minimum atomic E-state index is -0.844. The Morgan fingerprint density at radius 2 is 0.793 bits per heavy atom. The second-order valence-electron chi connectivity index (χ2n) is 17.9. The highest BCUT2D eigenvalue weighted by Gasteiger charge is 2.18. The normalized spacial score (nSPS) is 12.7. The first kappa shape index (κ1) is 56.6. The fourth-order valence-corrected chi connectivity index (χ4v) is 8.05. The van der Waals surface area contributed by atoms with Gasteiger partial charge >= 0.3 is 5.97 Å². The number of ether oxygens (including phenoxy) is 1. The van der Waals surface area contributed by atoms with Crippen LogP contribution in [-0.2, 0) is 14.3 Å². The molecule has 58 heavy (non-hydrogen) atoms. The van der Waals surface area contributed by atoms with Crippen molar-refractivity contribution in [3.8, 4) is 0 Å². The Balaban J connectivity index is 3.40. The van der Waals surface area contributed by atoms with Crippen LogP contribution in [0, 0.1) is 0 Å². The molecule has 0 aliphatic heterocycles. The van der Waals surface area contributed by atoms with Crippen LogP contribution in [0.5, 0.6) is 0 Å². The van der Waals surface area contributed by atoms with Crippen LogP contribution < -0.4 is 5.32 Å². The van der Waals surface area contributed by atoms with Crippen LogP contribution in [0.3, 0.4) is 0 Å². The second-order valence-corrected chi connectivity index (χ2v) is 17.9.